The summed E-state index contributed by atoms with van der Waals surface area (Å²) in [6, 6.07) is 0. The van der Waals surface area contributed by atoms with E-state index in [9.17, 15) is 0 Å². The van der Waals surface area contributed by atoms with Crippen molar-refractivity contribution in [1.82, 2.24) is 10.3 Å². The molecule has 0 saturated heterocycles. The molecule has 0 unspecified atom stereocenters. The molecule has 1 heterocycles. The van der Waals surface area contributed by atoms with Crippen LogP contribution in [0.25, 0.3) is 0 Å². The van der Waals surface area contributed by atoms with Gasteiger partial charge in [-0.2, -0.15) is 0 Å². The first-order valence-electron chi connectivity index (χ1n) is 5.09. The summed E-state index contributed by atoms with van der Waals surface area (Å²) in [6.45, 7) is 6.91. The Balaban J connectivity index is 2.29. The topological polar surface area (TPSA) is 50.9 Å². The molecule has 1 rings (SSSR count). The average molecular weight is 213 g/mol. The van der Waals surface area contributed by atoms with Crippen LogP contribution in [0.5, 0.6) is 0 Å². The van der Waals surface area contributed by atoms with Crippen LogP contribution >= 0.6 is 11.3 Å². The number of aromatic nitrogens is 1. The minimum Gasteiger partial charge on any atom is -0.329 e. The fraction of sp³-hybridized carbons (Fsp3) is 0.700. The van der Waals surface area contributed by atoms with Gasteiger partial charge in [0, 0.05) is 31.4 Å². The normalized spacial score (nSPS) is 11.1. The molecule has 0 aromatic carbocycles. The van der Waals surface area contributed by atoms with E-state index in [4.69, 9.17) is 5.73 Å². The van der Waals surface area contributed by atoms with Gasteiger partial charge in [0.25, 0.3) is 0 Å². The summed E-state index contributed by atoms with van der Waals surface area (Å²) in [7, 11) is 0. The summed E-state index contributed by atoms with van der Waals surface area (Å²) in [5.74, 6) is 0.539. The molecular formula is C10H19N3S. The lowest BCUT2D eigenvalue weighted by molar-refractivity contribution is 0.685. The highest BCUT2D eigenvalue weighted by atomic mass is 32.1. The minimum atomic E-state index is 0.539. The summed E-state index contributed by atoms with van der Waals surface area (Å²) in [5.41, 5.74) is 6.59. The summed E-state index contributed by atoms with van der Waals surface area (Å²) in [4.78, 5) is 4.55. The van der Waals surface area contributed by atoms with Crippen LogP contribution in [0.2, 0.25) is 0 Å². The molecule has 0 atom stereocenters. The summed E-state index contributed by atoms with van der Waals surface area (Å²) >= 11 is 1.75. The van der Waals surface area contributed by atoms with E-state index in [1.165, 1.54) is 10.7 Å². The molecule has 1 aromatic rings. The lowest BCUT2D eigenvalue weighted by atomic mass is 10.2. The third kappa shape index (κ3) is 3.74. The molecule has 0 aliphatic rings. The number of nitrogens with zero attached hydrogens (tertiary/aromatic N) is 1. The Bertz CT molecular complexity index is 258. The molecule has 0 fully saturated rings. The molecule has 0 aliphatic heterocycles. The Morgan fingerprint density at radius 2 is 2.29 bits per heavy atom. The van der Waals surface area contributed by atoms with Crippen molar-refractivity contribution in [1.29, 1.82) is 0 Å². The molecule has 0 radical (unpaired) electrons. The third-order valence-corrected chi connectivity index (χ3v) is 2.92. The van der Waals surface area contributed by atoms with Crippen molar-refractivity contribution in [2.24, 2.45) is 5.73 Å². The molecule has 80 valence electrons. The van der Waals surface area contributed by atoms with Gasteiger partial charge in [0.05, 0.1) is 10.7 Å². The van der Waals surface area contributed by atoms with Gasteiger partial charge in [-0.1, -0.05) is 13.8 Å². The second-order valence-electron chi connectivity index (χ2n) is 3.61. The molecule has 0 aliphatic carbocycles. The van der Waals surface area contributed by atoms with Crippen molar-refractivity contribution in [2.45, 2.75) is 26.2 Å². The minimum absolute atomic E-state index is 0.539. The predicted octanol–water partition coefficient (Wildman–Crippen LogP) is 1.36. The van der Waals surface area contributed by atoms with Crippen LogP contribution in [0.1, 0.15) is 30.5 Å². The maximum Gasteiger partial charge on any atom is 0.0941 e. The molecule has 3 N–H and O–H groups in total. The van der Waals surface area contributed by atoms with Crippen LogP contribution < -0.4 is 11.1 Å². The monoisotopic (exact) mass is 213 g/mol. The highest BCUT2D eigenvalue weighted by Crippen LogP contribution is 2.17. The summed E-state index contributed by atoms with van der Waals surface area (Å²) in [6.07, 6.45) is 1.01. The Morgan fingerprint density at radius 3 is 2.86 bits per heavy atom. The van der Waals surface area contributed by atoms with Gasteiger partial charge in [-0.05, 0) is 5.92 Å². The van der Waals surface area contributed by atoms with Gasteiger partial charge in [0.2, 0.25) is 0 Å². The zero-order valence-corrected chi connectivity index (χ0v) is 9.73. The van der Waals surface area contributed by atoms with Crippen LogP contribution in [-0.4, -0.2) is 24.6 Å². The van der Waals surface area contributed by atoms with E-state index in [1.54, 1.807) is 11.3 Å². The summed E-state index contributed by atoms with van der Waals surface area (Å²) < 4.78 is 0. The molecule has 1 aromatic heterocycles. The van der Waals surface area contributed by atoms with Crippen LogP contribution in [0.3, 0.4) is 0 Å². The lowest BCUT2D eigenvalue weighted by Gasteiger charge is -2.00. The fourth-order valence-corrected chi connectivity index (χ4v) is 2.09. The smallest absolute Gasteiger partial charge is 0.0941 e. The first-order valence-corrected chi connectivity index (χ1v) is 5.97. The van der Waals surface area contributed by atoms with Gasteiger partial charge in [0.1, 0.15) is 0 Å². The van der Waals surface area contributed by atoms with E-state index in [0.717, 1.165) is 19.5 Å². The first kappa shape index (κ1) is 11.6. The molecule has 3 nitrogen and oxygen atoms in total. The second kappa shape index (κ2) is 6.11. The lowest BCUT2D eigenvalue weighted by Crippen LogP contribution is -2.24. The highest BCUT2D eigenvalue weighted by Gasteiger charge is 2.04. The molecule has 14 heavy (non-hydrogen) atoms. The van der Waals surface area contributed by atoms with Crippen LogP contribution in [-0.2, 0) is 6.42 Å². The number of rotatable bonds is 6. The number of hydrogen-bond donors (Lipinski definition) is 2. The molecule has 0 spiro atoms. The Morgan fingerprint density at radius 1 is 1.50 bits per heavy atom. The SMILES string of the molecule is CC(C)c1csc(CCNCCN)n1. The molecular weight excluding hydrogens is 194 g/mol. The Labute approximate surface area is 89.7 Å². The Kier molecular flexibility index (Phi) is 5.07. The van der Waals surface area contributed by atoms with Crippen molar-refractivity contribution in [2.75, 3.05) is 19.6 Å². The van der Waals surface area contributed by atoms with E-state index in [-0.39, 0.29) is 0 Å². The van der Waals surface area contributed by atoms with Crippen molar-refractivity contribution < 1.29 is 0 Å². The van der Waals surface area contributed by atoms with Gasteiger partial charge in [-0.25, -0.2) is 4.98 Å². The quantitative estimate of drug-likeness (QED) is 0.702. The second-order valence-corrected chi connectivity index (χ2v) is 4.55. The highest BCUT2D eigenvalue weighted by molar-refractivity contribution is 7.09. The van der Waals surface area contributed by atoms with E-state index in [0.29, 0.717) is 12.5 Å². The number of nitrogens with one attached hydrogen (secondary N) is 1. The van der Waals surface area contributed by atoms with Gasteiger partial charge in [-0.15, -0.1) is 11.3 Å². The zero-order chi connectivity index (χ0) is 10.4. The van der Waals surface area contributed by atoms with Crippen LogP contribution in [0.15, 0.2) is 5.38 Å². The van der Waals surface area contributed by atoms with Gasteiger partial charge < -0.3 is 11.1 Å². The zero-order valence-electron chi connectivity index (χ0n) is 8.92. The van der Waals surface area contributed by atoms with Crippen LogP contribution in [0.4, 0.5) is 0 Å². The first-order chi connectivity index (χ1) is 6.74. The molecule has 4 heteroatoms. The standard InChI is InChI=1S/C10H19N3S/c1-8(2)9-7-14-10(13-9)3-5-12-6-4-11/h7-8,12H,3-6,11H2,1-2H3. The van der Waals surface area contributed by atoms with E-state index >= 15 is 0 Å². The molecule has 0 bridgehead atoms. The molecule has 0 saturated carbocycles. The van der Waals surface area contributed by atoms with Crippen molar-refractivity contribution in [3.8, 4) is 0 Å². The number of hydrogen-bond acceptors (Lipinski definition) is 4. The fourth-order valence-electron chi connectivity index (χ4n) is 1.13. The predicted molar refractivity (Wildman–Crippen MR) is 61.8 cm³/mol. The molecule has 0 amide bonds. The van der Waals surface area contributed by atoms with Gasteiger partial charge in [0.15, 0.2) is 0 Å². The Hall–Kier alpha value is -0.450. The van der Waals surface area contributed by atoms with Gasteiger partial charge in [-0.3, -0.25) is 0 Å². The average Bonchev–Trinajstić information content (AvgIpc) is 2.61. The van der Waals surface area contributed by atoms with Crippen molar-refractivity contribution in [3.63, 3.8) is 0 Å². The van der Waals surface area contributed by atoms with E-state index < -0.39 is 0 Å². The van der Waals surface area contributed by atoms with Gasteiger partial charge >= 0.3 is 0 Å². The van der Waals surface area contributed by atoms with Crippen LogP contribution in [0, 0.1) is 0 Å². The van der Waals surface area contributed by atoms with E-state index in [2.05, 4.69) is 29.5 Å². The number of thiazole rings is 1. The third-order valence-electron chi connectivity index (χ3n) is 2.00. The maximum absolute atomic E-state index is 5.38. The van der Waals surface area contributed by atoms with E-state index in [1.807, 2.05) is 0 Å². The van der Waals surface area contributed by atoms with Crippen molar-refractivity contribution in [3.05, 3.63) is 16.1 Å². The number of nitrogens with two attached hydrogens (primary N) is 1. The summed E-state index contributed by atoms with van der Waals surface area (Å²) in [5, 5.41) is 6.64. The largest absolute Gasteiger partial charge is 0.329 e. The maximum atomic E-state index is 5.38. The van der Waals surface area contributed by atoms with Crippen molar-refractivity contribution >= 4 is 11.3 Å².